The number of carbonyl (C=O) groups excluding carboxylic acids is 1. The zero-order chi connectivity index (χ0) is 22.5. The minimum atomic E-state index is -0.231. The molecule has 0 atom stereocenters. The normalized spacial score (nSPS) is 10.8. The minimum Gasteiger partial charge on any atom is -0.489 e. The highest BCUT2D eigenvalue weighted by Gasteiger charge is 2.21. The van der Waals surface area contributed by atoms with E-state index < -0.39 is 0 Å². The third-order valence-corrected chi connectivity index (χ3v) is 5.88. The highest BCUT2D eigenvalue weighted by molar-refractivity contribution is 7.20. The molecule has 1 amide bonds. The van der Waals surface area contributed by atoms with Crippen LogP contribution in [0.15, 0.2) is 48.8 Å². The van der Waals surface area contributed by atoms with E-state index in [1.807, 2.05) is 37.3 Å². The van der Waals surface area contributed by atoms with Crippen LogP contribution in [-0.2, 0) is 18.0 Å². The molecular formula is C23H22N4O4S. The van der Waals surface area contributed by atoms with Crippen molar-refractivity contribution in [1.82, 2.24) is 15.0 Å². The summed E-state index contributed by atoms with van der Waals surface area (Å²) in [5, 5.41) is 3.67. The topological polar surface area (TPSA) is 95.5 Å². The number of nitrogens with zero attached hydrogens (tertiary/aromatic N) is 3. The van der Waals surface area contributed by atoms with Gasteiger partial charge in [0.1, 0.15) is 23.8 Å². The fourth-order valence-electron chi connectivity index (χ4n) is 3.20. The second kappa shape index (κ2) is 9.71. The van der Waals surface area contributed by atoms with Crippen molar-refractivity contribution >= 4 is 33.1 Å². The van der Waals surface area contributed by atoms with Crippen LogP contribution in [-0.4, -0.2) is 35.1 Å². The zero-order valence-electron chi connectivity index (χ0n) is 17.9. The van der Waals surface area contributed by atoms with E-state index in [1.54, 1.807) is 32.7 Å². The fourth-order valence-corrected chi connectivity index (χ4v) is 4.29. The third kappa shape index (κ3) is 4.68. The summed E-state index contributed by atoms with van der Waals surface area (Å²) >= 11 is 1.30. The molecule has 0 spiro atoms. The van der Waals surface area contributed by atoms with Gasteiger partial charge in [0, 0.05) is 36.8 Å². The molecule has 4 rings (SSSR count). The molecule has 1 aromatic carbocycles. The summed E-state index contributed by atoms with van der Waals surface area (Å²) in [6, 6.07) is 11.1. The maximum absolute atomic E-state index is 13.0. The molecule has 1 N–H and O–H groups in total. The molecular weight excluding hydrogens is 428 g/mol. The zero-order valence-corrected chi connectivity index (χ0v) is 18.7. The van der Waals surface area contributed by atoms with Gasteiger partial charge in [0.2, 0.25) is 5.88 Å². The van der Waals surface area contributed by atoms with Gasteiger partial charge in [-0.1, -0.05) is 12.1 Å². The van der Waals surface area contributed by atoms with Crippen LogP contribution in [0, 0.1) is 6.92 Å². The summed E-state index contributed by atoms with van der Waals surface area (Å²) < 4.78 is 16.4. The number of nitrogens with one attached hydrogen (secondary N) is 1. The lowest BCUT2D eigenvalue weighted by molar-refractivity contribution is 0.103. The molecule has 0 aliphatic carbocycles. The molecule has 4 aromatic rings. The fraction of sp³-hybridized carbons (Fsp3) is 0.217. The van der Waals surface area contributed by atoms with Crippen molar-refractivity contribution in [1.29, 1.82) is 0 Å². The summed E-state index contributed by atoms with van der Waals surface area (Å²) in [5.41, 5.74) is 2.37. The van der Waals surface area contributed by atoms with E-state index in [-0.39, 0.29) is 12.5 Å². The lowest BCUT2D eigenvalue weighted by Crippen LogP contribution is -2.11. The van der Waals surface area contributed by atoms with E-state index in [0.29, 0.717) is 39.5 Å². The number of benzene rings is 1. The number of pyridine rings is 1. The Kier molecular flexibility index (Phi) is 6.58. The van der Waals surface area contributed by atoms with Gasteiger partial charge in [-0.15, -0.1) is 11.3 Å². The number of fused-ring (bicyclic) bond motifs is 1. The maximum atomic E-state index is 13.0. The summed E-state index contributed by atoms with van der Waals surface area (Å²) in [7, 11) is 3.12. The molecule has 32 heavy (non-hydrogen) atoms. The number of aryl methyl sites for hydroxylation is 1. The summed E-state index contributed by atoms with van der Waals surface area (Å²) in [5.74, 6) is 1.35. The first-order valence-corrected chi connectivity index (χ1v) is 10.7. The SMILES string of the molecule is COCc1nc(OC)c2c(C)c(C(=O)Nc3cccc(OCc4cccnc4)c3)sc2n1. The van der Waals surface area contributed by atoms with E-state index in [4.69, 9.17) is 14.2 Å². The van der Waals surface area contributed by atoms with Gasteiger partial charge in [0.25, 0.3) is 5.91 Å². The number of aromatic nitrogens is 3. The summed E-state index contributed by atoms with van der Waals surface area (Å²) in [4.78, 5) is 27.2. The van der Waals surface area contributed by atoms with E-state index in [1.165, 1.54) is 11.3 Å². The minimum absolute atomic E-state index is 0.231. The van der Waals surface area contributed by atoms with Crippen molar-refractivity contribution in [3.63, 3.8) is 0 Å². The molecule has 0 unspecified atom stereocenters. The molecule has 0 radical (unpaired) electrons. The first-order chi connectivity index (χ1) is 15.6. The van der Waals surface area contributed by atoms with Crippen LogP contribution in [0.5, 0.6) is 11.6 Å². The van der Waals surface area contributed by atoms with Crippen molar-refractivity contribution in [2.24, 2.45) is 0 Å². The van der Waals surface area contributed by atoms with Crippen molar-refractivity contribution in [3.05, 3.63) is 70.6 Å². The van der Waals surface area contributed by atoms with Crippen LogP contribution in [0.2, 0.25) is 0 Å². The third-order valence-electron chi connectivity index (χ3n) is 4.70. The Morgan fingerprint density at radius 3 is 2.75 bits per heavy atom. The molecule has 0 bridgehead atoms. The Morgan fingerprint density at radius 1 is 1.12 bits per heavy atom. The highest BCUT2D eigenvalue weighted by atomic mass is 32.1. The smallest absolute Gasteiger partial charge is 0.266 e. The number of methoxy groups -OCH3 is 2. The number of thiophene rings is 1. The van der Waals surface area contributed by atoms with E-state index in [9.17, 15) is 4.79 Å². The number of hydrogen-bond acceptors (Lipinski definition) is 8. The van der Waals surface area contributed by atoms with Gasteiger partial charge in [-0.25, -0.2) is 4.98 Å². The average Bonchev–Trinajstić information content (AvgIpc) is 3.15. The number of rotatable bonds is 8. The van der Waals surface area contributed by atoms with Gasteiger partial charge in [0.05, 0.1) is 17.4 Å². The lowest BCUT2D eigenvalue weighted by atomic mass is 10.2. The summed E-state index contributed by atoms with van der Waals surface area (Å²) in [6.45, 7) is 2.52. The van der Waals surface area contributed by atoms with E-state index in [2.05, 4.69) is 20.3 Å². The molecule has 0 saturated carbocycles. The maximum Gasteiger partial charge on any atom is 0.266 e. The van der Waals surface area contributed by atoms with E-state index >= 15 is 0 Å². The Labute approximate surface area is 189 Å². The average molecular weight is 451 g/mol. The Morgan fingerprint density at radius 2 is 2.00 bits per heavy atom. The molecule has 3 heterocycles. The number of hydrogen-bond donors (Lipinski definition) is 1. The number of ether oxygens (including phenoxy) is 3. The highest BCUT2D eigenvalue weighted by Crippen LogP contribution is 2.35. The summed E-state index contributed by atoms with van der Waals surface area (Å²) in [6.07, 6.45) is 3.47. The van der Waals surface area contributed by atoms with Crippen LogP contribution >= 0.6 is 11.3 Å². The molecule has 9 heteroatoms. The van der Waals surface area contributed by atoms with Gasteiger partial charge in [0.15, 0.2) is 5.82 Å². The second-order valence-electron chi connectivity index (χ2n) is 6.95. The molecule has 0 saturated heterocycles. The molecule has 0 fully saturated rings. The van der Waals surface area contributed by atoms with Gasteiger partial charge in [-0.3, -0.25) is 9.78 Å². The van der Waals surface area contributed by atoms with Crippen LogP contribution in [0.1, 0.15) is 26.6 Å². The van der Waals surface area contributed by atoms with Crippen molar-refractivity contribution in [2.45, 2.75) is 20.1 Å². The largest absolute Gasteiger partial charge is 0.489 e. The predicted octanol–water partition coefficient (Wildman–Crippen LogP) is 4.38. The molecule has 0 aliphatic heterocycles. The van der Waals surface area contributed by atoms with Crippen LogP contribution in [0.25, 0.3) is 10.2 Å². The quantitative estimate of drug-likeness (QED) is 0.426. The van der Waals surface area contributed by atoms with Gasteiger partial charge >= 0.3 is 0 Å². The standard InChI is InChI=1S/C23H22N4O4S/c1-14-19-22(30-3)26-18(13-29-2)27-23(19)32-20(14)21(28)25-16-7-4-8-17(10-16)31-12-15-6-5-9-24-11-15/h4-11H,12-13H2,1-3H3,(H,25,28). The number of carbonyl (C=O) groups is 1. The Hall–Kier alpha value is -3.56. The molecule has 3 aromatic heterocycles. The lowest BCUT2D eigenvalue weighted by Gasteiger charge is -2.09. The molecule has 164 valence electrons. The molecule has 0 aliphatic rings. The Bertz CT molecular complexity index is 1240. The van der Waals surface area contributed by atoms with Crippen LogP contribution in [0.4, 0.5) is 5.69 Å². The van der Waals surface area contributed by atoms with E-state index in [0.717, 1.165) is 16.5 Å². The molecule has 8 nitrogen and oxygen atoms in total. The number of amides is 1. The Balaban J connectivity index is 1.54. The number of anilines is 1. The monoisotopic (exact) mass is 450 g/mol. The predicted molar refractivity (Wildman–Crippen MR) is 122 cm³/mol. The van der Waals surface area contributed by atoms with Gasteiger partial charge in [-0.05, 0) is 30.7 Å². The first kappa shape index (κ1) is 21.7. The second-order valence-corrected chi connectivity index (χ2v) is 7.95. The van der Waals surface area contributed by atoms with Crippen molar-refractivity contribution in [2.75, 3.05) is 19.5 Å². The first-order valence-electron chi connectivity index (χ1n) is 9.85. The van der Waals surface area contributed by atoms with Gasteiger partial charge in [-0.2, -0.15) is 4.98 Å². The van der Waals surface area contributed by atoms with Crippen LogP contribution < -0.4 is 14.8 Å². The van der Waals surface area contributed by atoms with Crippen molar-refractivity contribution in [3.8, 4) is 11.6 Å². The van der Waals surface area contributed by atoms with Crippen molar-refractivity contribution < 1.29 is 19.0 Å². The van der Waals surface area contributed by atoms with Gasteiger partial charge < -0.3 is 19.5 Å². The van der Waals surface area contributed by atoms with Crippen LogP contribution in [0.3, 0.4) is 0 Å².